The van der Waals surface area contributed by atoms with Crippen molar-refractivity contribution in [3.05, 3.63) is 95.6 Å². The van der Waals surface area contributed by atoms with Gasteiger partial charge in [0, 0.05) is 13.0 Å². The van der Waals surface area contributed by atoms with Crippen LogP contribution in [-0.4, -0.2) is 31.9 Å². The molecule has 182 valence electrons. The lowest BCUT2D eigenvalue weighted by molar-refractivity contribution is -0.156. The average molecular weight is 471 g/mol. The molecule has 0 aliphatic heterocycles. The van der Waals surface area contributed by atoms with Gasteiger partial charge in [0.15, 0.2) is 6.10 Å². The lowest BCUT2D eigenvalue weighted by atomic mass is 10.0. The van der Waals surface area contributed by atoms with Gasteiger partial charge < -0.3 is 14.2 Å². The van der Waals surface area contributed by atoms with Crippen LogP contribution in [0, 0.1) is 0 Å². The van der Waals surface area contributed by atoms with Crippen LogP contribution in [0.15, 0.2) is 78.9 Å². The Kier molecular flexibility index (Phi) is 8.74. The van der Waals surface area contributed by atoms with E-state index in [0.29, 0.717) is 26.2 Å². The molecule has 0 saturated heterocycles. The molecule has 0 aromatic heterocycles. The molecule has 0 spiro atoms. The van der Waals surface area contributed by atoms with Gasteiger partial charge >= 0.3 is 5.97 Å². The lowest BCUT2D eigenvalue weighted by Crippen LogP contribution is -2.29. The molecule has 0 N–H and O–H groups in total. The number of fused-ring (bicyclic) bond motifs is 3. The summed E-state index contributed by atoms with van der Waals surface area (Å²) in [6.07, 6.45) is 5.01. The maximum atomic E-state index is 12.2. The Balaban J connectivity index is 1.29. The molecule has 4 heteroatoms. The second kappa shape index (κ2) is 12.4. The van der Waals surface area contributed by atoms with Gasteiger partial charge in [-0.15, -0.1) is 0 Å². The minimum Gasteiger partial charge on any atom is -0.494 e. The summed E-state index contributed by atoms with van der Waals surface area (Å²) < 4.78 is 16.8. The van der Waals surface area contributed by atoms with E-state index in [9.17, 15) is 4.79 Å². The standard InChI is InChI=1S/C31H34O4/c1-3-20-35-30(31(32)33-4-2)22-23-16-18-24(19-17-23)34-21-10-9-15-29-27-13-7-5-11-25(27)26-12-6-8-14-28(26)29/h5-8,11-19,30H,3-4,9-10,20-22H2,1-2H3. The number of hydrogen-bond donors (Lipinski definition) is 0. The maximum absolute atomic E-state index is 12.2. The number of carbonyl (C=O) groups is 1. The van der Waals surface area contributed by atoms with E-state index in [4.69, 9.17) is 14.2 Å². The first-order valence-electron chi connectivity index (χ1n) is 12.6. The van der Waals surface area contributed by atoms with E-state index in [1.54, 1.807) is 0 Å². The molecular weight excluding hydrogens is 436 g/mol. The predicted molar refractivity (Wildman–Crippen MR) is 140 cm³/mol. The Morgan fingerprint density at radius 3 is 2.06 bits per heavy atom. The Morgan fingerprint density at radius 1 is 0.829 bits per heavy atom. The van der Waals surface area contributed by atoms with Crippen molar-refractivity contribution in [2.75, 3.05) is 19.8 Å². The van der Waals surface area contributed by atoms with Gasteiger partial charge in [0.05, 0.1) is 13.2 Å². The highest BCUT2D eigenvalue weighted by atomic mass is 16.6. The first kappa shape index (κ1) is 24.7. The molecule has 0 saturated carbocycles. The molecule has 0 heterocycles. The first-order chi connectivity index (χ1) is 17.2. The Hall–Kier alpha value is -3.37. The number of carbonyl (C=O) groups excluding carboxylic acids is 1. The fourth-order valence-corrected chi connectivity index (χ4v) is 4.43. The summed E-state index contributed by atoms with van der Waals surface area (Å²) in [4.78, 5) is 12.2. The summed E-state index contributed by atoms with van der Waals surface area (Å²) in [5.41, 5.74) is 7.60. The maximum Gasteiger partial charge on any atom is 0.335 e. The van der Waals surface area contributed by atoms with Crippen LogP contribution < -0.4 is 4.74 Å². The van der Waals surface area contributed by atoms with Crippen molar-refractivity contribution in [2.45, 2.75) is 45.6 Å². The van der Waals surface area contributed by atoms with Gasteiger partial charge in [0.25, 0.3) is 0 Å². The normalized spacial score (nSPS) is 12.6. The van der Waals surface area contributed by atoms with Crippen molar-refractivity contribution >= 4 is 11.5 Å². The van der Waals surface area contributed by atoms with Crippen molar-refractivity contribution in [1.82, 2.24) is 0 Å². The van der Waals surface area contributed by atoms with Gasteiger partial charge in [-0.05, 0) is 71.7 Å². The smallest absolute Gasteiger partial charge is 0.335 e. The van der Waals surface area contributed by atoms with Crippen LogP contribution >= 0.6 is 0 Å². The van der Waals surface area contributed by atoms with Gasteiger partial charge in [0.2, 0.25) is 0 Å². The highest BCUT2D eigenvalue weighted by Gasteiger charge is 2.22. The van der Waals surface area contributed by atoms with E-state index >= 15 is 0 Å². The predicted octanol–water partition coefficient (Wildman–Crippen LogP) is 6.86. The van der Waals surface area contributed by atoms with E-state index in [-0.39, 0.29) is 5.97 Å². The zero-order valence-electron chi connectivity index (χ0n) is 20.7. The highest BCUT2D eigenvalue weighted by molar-refractivity contribution is 6.01. The number of benzene rings is 3. The van der Waals surface area contributed by atoms with E-state index in [1.807, 2.05) is 38.1 Å². The van der Waals surface area contributed by atoms with Crippen molar-refractivity contribution in [3.63, 3.8) is 0 Å². The number of esters is 1. The molecule has 0 fully saturated rings. The van der Waals surface area contributed by atoms with Crippen molar-refractivity contribution < 1.29 is 19.0 Å². The number of allylic oxidation sites excluding steroid dienone is 1. The zero-order chi connectivity index (χ0) is 24.5. The fourth-order valence-electron chi connectivity index (χ4n) is 4.43. The van der Waals surface area contributed by atoms with Crippen LogP contribution in [0.25, 0.3) is 16.7 Å². The van der Waals surface area contributed by atoms with Crippen LogP contribution in [0.1, 0.15) is 49.8 Å². The quantitative estimate of drug-likeness (QED) is 0.168. The number of ether oxygens (including phenoxy) is 3. The number of hydrogen-bond acceptors (Lipinski definition) is 4. The average Bonchev–Trinajstić information content (AvgIpc) is 3.21. The first-order valence-corrected chi connectivity index (χ1v) is 12.6. The van der Waals surface area contributed by atoms with Crippen LogP contribution in [0.3, 0.4) is 0 Å². The fraction of sp³-hybridized carbons (Fsp3) is 0.323. The minimum atomic E-state index is -0.569. The second-order valence-electron chi connectivity index (χ2n) is 8.66. The Bertz CT molecular complexity index is 1100. The van der Waals surface area contributed by atoms with Crippen LogP contribution in [0.4, 0.5) is 0 Å². The third-order valence-corrected chi connectivity index (χ3v) is 6.11. The lowest BCUT2D eigenvalue weighted by Gasteiger charge is -2.16. The minimum absolute atomic E-state index is 0.303. The molecule has 4 rings (SSSR count). The molecule has 0 amide bonds. The molecule has 3 aromatic carbocycles. The summed E-state index contributed by atoms with van der Waals surface area (Å²) in [5, 5.41) is 0. The summed E-state index contributed by atoms with van der Waals surface area (Å²) in [5.74, 6) is 0.531. The SMILES string of the molecule is CCCOC(Cc1ccc(OCCCC=C2c3ccccc3-c3ccccc32)cc1)C(=O)OCC. The van der Waals surface area contributed by atoms with Crippen LogP contribution in [-0.2, 0) is 20.7 Å². The molecule has 0 radical (unpaired) electrons. The number of rotatable bonds is 12. The molecule has 1 aliphatic carbocycles. The van der Waals surface area contributed by atoms with Crippen molar-refractivity contribution in [2.24, 2.45) is 0 Å². The van der Waals surface area contributed by atoms with Gasteiger partial charge in [-0.3, -0.25) is 0 Å². The van der Waals surface area contributed by atoms with Crippen molar-refractivity contribution in [1.29, 1.82) is 0 Å². The third kappa shape index (κ3) is 6.20. The van der Waals surface area contributed by atoms with Crippen molar-refractivity contribution in [3.8, 4) is 16.9 Å². The van der Waals surface area contributed by atoms with E-state index in [0.717, 1.165) is 30.6 Å². The topological polar surface area (TPSA) is 44.8 Å². The zero-order valence-corrected chi connectivity index (χ0v) is 20.7. The molecular formula is C31H34O4. The van der Waals surface area contributed by atoms with Crippen LogP contribution in [0.2, 0.25) is 0 Å². The second-order valence-corrected chi connectivity index (χ2v) is 8.66. The monoisotopic (exact) mass is 470 g/mol. The summed E-state index contributed by atoms with van der Waals surface area (Å²) in [6.45, 7) is 5.38. The largest absolute Gasteiger partial charge is 0.494 e. The number of unbranched alkanes of at least 4 members (excludes halogenated alkanes) is 1. The molecule has 1 aliphatic rings. The van der Waals surface area contributed by atoms with Gasteiger partial charge in [-0.1, -0.05) is 73.7 Å². The summed E-state index contributed by atoms with van der Waals surface area (Å²) in [6, 6.07) is 25.1. The highest BCUT2D eigenvalue weighted by Crippen LogP contribution is 2.43. The van der Waals surface area contributed by atoms with Crippen LogP contribution in [0.5, 0.6) is 5.75 Å². The molecule has 1 unspecified atom stereocenters. The third-order valence-electron chi connectivity index (χ3n) is 6.11. The molecule has 35 heavy (non-hydrogen) atoms. The molecule has 4 nitrogen and oxygen atoms in total. The Morgan fingerprint density at radius 2 is 1.46 bits per heavy atom. The van der Waals surface area contributed by atoms with E-state index < -0.39 is 6.10 Å². The Labute approximate surface area is 208 Å². The van der Waals surface area contributed by atoms with Gasteiger partial charge in [-0.25, -0.2) is 4.79 Å². The van der Waals surface area contributed by atoms with Gasteiger partial charge in [0.1, 0.15) is 5.75 Å². The molecule has 1 atom stereocenters. The van der Waals surface area contributed by atoms with E-state index in [1.165, 1.54) is 27.8 Å². The van der Waals surface area contributed by atoms with E-state index in [2.05, 4.69) is 54.6 Å². The summed E-state index contributed by atoms with van der Waals surface area (Å²) >= 11 is 0. The molecule has 3 aromatic rings. The summed E-state index contributed by atoms with van der Waals surface area (Å²) in [7, 11) is 0. The molecule has 0 bridgehead atoms. The van der Waals surface area contributed by atoms with Gasteiger partial charge in [-0.2, -0.15) is 0 Å².